The Kier molecular flexibility index (Phi) is 5.14. The van der Waals surface area contributed by atoms with Gasteiger partial charge >= 0.3 is 0 Å². The number of nitrogens with zero attached hydrogens (tertiary/aromatic N) is 3. The number of aryl methyl sites for hydroxylation is 2. The molecule has 0 aliphatic carbocycles. The Morgan fingerprint density at radius 1 is 1.40 bits per heavy atom. The first-order valence-electron chi connectivity index (χ1n) is 6.54. The normalized spacial score (nSPS) is 12.3. The number of aromatic nitrogens is 3. The molecule has 108 valence electrons. The van der Waals surface area contributed by atoms with Crippen LogP contribution in [-0.4, -0.2) is 21.0 Å². The van der Waals surface area contributed by atoms with Gasteiger partial charge < -0.3 is 11.1 Å². The van der Waals surface area contributed by atoms with Crippen molar-refractivity contribution in [2.24, 2.45) is 0 Å². The van der Waals surface area contributed by atoms with Crippen molar-refractivity contribution in [2.75, 3.05) is 11.1 Å². The van der Waals surface area contributed by atoms with Crippen molar-refractivity contribution in [1.82, 2.24) is 15.0 Å². The lowest BCUT2D eigenvalue weighted by Gasteiger charge is -2.16. The zero-order valence-corrected chi connectivity index (χ0v) is 13.1. The fraction of sp³-hybridized carbons (Fsp3) is 0.462. The minimum absolute atomic E-state index is 0.250. The summed E-state index contributed by atoms with van der Waals surface area (Å²) in [7, 11) is 0. The highest BCUT2D eigenvalue weighted by Crippen LogP contribution is 2.21. The zero-order chi connectivity index (χ0) is 14.5. The number of nitrogen functional groups attached to an aromatic ring is 1. The van der Waals surface area contributed by atoms with Crippen molar-refractivity contribution in [3.63, 3.8) is 0 Å². The summed E-state index contributed by atoms with van der Waals surface area (Å²) in [5, 5.41) is 6.09. The minimum Gasteiger partial charge on any atom is -0.368 e. The van der Waals surface area contributed by atoms with Crippen molar-refractivity contribution in [3.8, 4) is 0 Å². The van der Waals surface area contributed by atoms with Crippen molar-refractivity contribution in [3.05, 3.63) is 27.2 Å². The Hall–Kier alpha value is -1.40. The Labute approximate surface area is 127 Å². The van der Waals surface area contributed by atoms with Crippen LogP contribution in [0.15, 0.2) is 11.4 Å². The lowest BCUT2D eigenvalue weighted by molar-refractivity contribution is 0.630. The molecule has 1 unspecified atom stereocenters. The van der Waals surface area contributed by atoms with E-state index in [-0.39, 0.29) is 5.95 Å². The van der Waals surface area contributed by atoms with Crippen molar-refractivity contribution >= 4 is 34.8 Å². The van der Waals surface area contributed by atoms with Gasteiger partial charge in [-0.2, -0.15) is 15.0 Å². The number of anilines is 2. The highest BCUT2D eigenvalue weighted by Gasteiger charge is 2.10. The van der Waals surface area contributed by atoms with Gasteiger partial charge in [0.25, 0.3) is 0 Å². The van der Waals surface area contributed by atoms with Crippen molar-refractivity contribution < 1.29 is 0 Å². The molecule has 0 aliphatic rings. The van der Waals surface area contributed by atoms with Crippen LogP contribution in [0.5, 0.6) is 0 Å². The molecular weight excluding hydrogens is 294 g/mol. The van der Waals surface area contributed by atoms with Crippen LogP contribution in [0.2, 0.25) is 5.02 Å². The highest BCUT2D eigenvalue weighted by molar-refractivity contribution is 7.10. The molecule has 0 saturated carbocycles. The van der Waals surface area contributed by atoms with E-state index in [2.05, 4.69) is 27.2 Å². The summed E-state index contributed by atoms with van der Waals surface area (Å²) in [6, 6.07) is 2.32. The largest absolute Gasteiger partial charge is 0.368 e. The van der Waals surface area contributed by atoms with E-state index in [4.69, 9.17) is 17.3 Å². The molecule has 0 aliphatic heterocycles. The molecular formula is C13H18ClN5S. The van der Waals surface area contributed by atoms with E-state index in [1.807, 2.05) is 11.4 Å². The average molecular weight is 312 g/mol. The third-order valence-electron chi connectivity index (χ3n) is 2.95. The topological polar surface area (TPSA) is 76.7 Å². The number of hydrogen-bond acceptors (Lipinski definition) is 6. The summed E-state index contributed by atoms with van der Waals surface area (Å²) >= 11 is 7.62. The number of hydrogen-bond donors (Lipinski definition) is 2. The first-order chi connectivity index (χ1) is 9.56. The lowest BCUT2D eigenvalue weighted by Crippen LogP contribution is -2.21. The smallest absolute Gasteiger partial charge is 0.227 e. The number of halogens is 1. The number of nitrogens with one attached hydrogen (secondary N) is 1. The maximum Gasteiger partial charge on any atom is 0.227 e. The molecule has 0 amide bonds. The minimum atomic E-state index is 0.250. The highest BCUT2D eigenvalue weighted by atomic mass is 35.5. The summed E-state index contributed by atoms with van der Waals surface area (Å²) in [5.74, 6) is 1.42. The SMILES string of the molecule is CCC(CCc1cc(Cl)cs1)Nc1nc(C)nc(N)n1. The standard InChI is InChI=1S/C13H18ClN5S/c1-3-10(4-5-11-6-9(14)7-20-11)18-13-17-8(2)16-12(15)19-13/h6-7,10H,3-5H2,1-2H3,(H3,15,16,17,18,19). The first-order valence-corrected chi connectivity index (χ1v) is 7.80. The molecule has 0 aromatic carbocycles. The fourth-order valence-electron chi connectivity index (χ4n) is 1.93. The van der Waals surface area contributed by atoms with Crippen LogP contribution in [0.1, 0.15) is 30.5 Å². The van der Waals surface area contributed by atoms with Crippen LogP contribution in [0, 0.1) is 6.92 Å². The van der Waals surface area contributed by atoms with Gasteiger partial charge in [0.15, 0.2) is 0 Å². The summed E-state index contributed by atoms with van der Waals surface area (Å²) in [6.07, 6.45) is 2.98. The van der Waals surface area contributed by atoms with E-state index in [1.165, 1.54) is 4.88 Å². The molecule has 20 heavy (non-hydrogen) atoms. The quantitative estimate of drug-likeness (QED) is 0.856. The molecule has 7 heteroatoms. The zero-order valence-electron chi connectivity index (χ0n) is 11.6. The molecule has 5 nitrogen and oxygen atoms in total. The number of rotatable bonds is 6. The van der Waals surface area contributed by atoms with Crippen LogP contribution < -0.4 is 11.1 Å². The molecule has 0 fully saturated rings. The van der Waals surface area contributed by atoms with Crippen LogP contribution in [-0.2, 0) is 6.42 Å². The van der Waals surface area contributed by atoms with Gasteiger partial charge in [-0.15, -0.1) is 11.3 Å². The second-order valence-corrected chi connectivity index (χ2v) is 6.02. The van der Waals surface area contributed by atoms with Crippen LogP contribution in [0.25, 0.3) is 0 Å². The average Bonchev–Trinajstić information content (AvgIpc) is 2.79. The van der Waals surface area contributed by atoms with Gasteiger partial charge in [0.2, 0.25) is 11.9 Å². The lowest BCUT2D eigenvalue weighted by atomic mass is 10.1. The number of nitrogens with two attached hydrogens (primary N) is 1. The summed E-state index contributed by atoms with van der Waals surface area (Å²) in [5.41, 5.74) is 5.63. The van der Waals surface area contributed by atoms with Gasteiger partial charge in [0.1, 0.15) is 5.82 Å². The van der Waals surface area contributed by atoms with E-state index in [1.54, 1.807) is 18.3 Å². The molecule has 0 saturated heterocycles. The monoisotopic (exact) mass is 311 g/mol. The Bertz CT molecular complexity index is 551. The molecule has 2 aromatic rings. The predicted octanol–water partition coefficient (Wildman–Crippen LogP) is 3.30. The summed E-state index contributed by atoms with van der Waals surface area (Å²) < 4.78 is 0. The maximum atomic E-state index is 5.93. The van der Waals surface area contributed by atoms with Gasteiger partial charge in [0, 0.05) is 16.3 Å². The summed E-state index contributed by atoms with van der Waals surface area (Å²) in [4.78, 5) is 13.6. The number of thiophene rings is 1. The molecule has 2 heterocycles. The van der Waals surface area contributed by atoms with E-state index < -0.39 is 0 Å². The van der Waals surface area contributed by atoms with Gasteiger partial charge in [-0.25, -0.2) is 0 Å². The maximum absolute atomic E-state index is 5.93. The molecule has 2 rings (SSSR count). The predicted molar refractivity (Wildman–Crippen MR) is 84.3 cm³/mol. The van der Waals surface area contributed by atoms with Gasteiger partial charge in [-0.1, -0.05) is 18.5 Å². The van der Waals surface area contributed by atoms with E-state index in [9.17, 15) is 0 Å². The molecule has 0 bridgehead atoms. The van der Waals surface area contributed by atoms with Crippen LogP contribution in [0.4, 0.5) is 11.9 Å². The van der Waals surface area contributed by atoms with Crippen molar-refractivity contribution in [2.45, 2.75) is 39.2 Å². The van der Waals surface area contributed by atoms with Gasteiger partial charge in [-0.05, 0) is 32.3 Å². The van der Waals surface area contributed by atoms with E-state index in [0.717, 1.165) is 24.3 Å². The molecule has 0 radical (unpaired) electrons. The van der Waals surface area contributed by atoms with Gasteiger partial charge in [-0.3, -0.25) is 0 Å². The first kappa shape index (κ1) is 15.0. The second kappa shape index (κ2) is 6.85. The third kappa shape index (κ3) is 4.31. The second-order valence-electron chi connectivity index (χ2n) is 4.58. The van der Waals surface area contributed by atoms with Crippen LogP contribution in [0.3, 0.4) is 0 Å². The van der Waals surface area contributed by atoms with Crippen molar-refractivity contribution in [1.29, 1.82) is 0 Å². The molecule has 2 aromatic heterocycles. The fourth-order valence-corrected chi connectivity index (χ4v) is 3.02. The third-order valence-corrected chi connectivity index (χ3v) is 4.30. The molecule has 3 N–H and O–H groups in total. The molecule has 0 spiro atoms. The Morgan fingerprint density at radius 3 is 2.80 bits per heavy atom. The Morgan fingerprint density at radius 2 is 2.20 bits per heavy atom. The van der Waals surface area contributed by atoms with E-state index >= 15 is 0 Å². The van der Waals surface area contributed by atoms with Gasteiger partial charge in [0.05, 0.1) is 5.02 Å². The molecule has 1 atom stereocenters. The van der Waals surface area contributed by atoms with Crippen LogP contribution >= 0.6 is 22.9 Å². The summed E-state index contributed by atoms with van der Waals surface area (Å²) in [6.45, 7) is 3.94. The van der Waals surface area contributed by atoms with E-state index in [0.29, 0.717) is 17.8 Å². The Balaban J connectivity index is 1.94.